The molecule has 0 spiro atoms. The summed E-state index contributed by atoms with van der Waals surface area (Å²) in [5, 5.41) is 3.27. The summed E-state index contributed by atoms with van der Waals surface area (Å²) >= 11 is 0. The SMILES string of the molecule is Cc1ccc(CNC(=O)CCCn2c(=O)c3ccccc3n(CC(=O)N3C[C@H](C)C[C@@H](C)C3)c2=O)cc1. The van der Waals surface area contributed by atoms with Gasteiger partial charge in [0, 0.05) is 32.6 Å². The summed E-state index contributed by atoms with van der Waals surface area (Å²) in [7, 11) is 0. The van der Waals surface area contributed by atoms with Crippen LogP contribution in [0.2, 0.25) is 0 Å². The van der Waals surface area contributed by atoms with E-state index in [-0.39, 0.29) is 31.3 Å². The standard InChI is InChI=1S/C29H36N4O4/c1-20-10-12-23(13-11-20)16-30-26(34)9-6-14-32-28(36)24-7-4-5-8-25(24)33(29(32)37)19-27(35)31-17-21(2)15-22(3)18-31/h4-5,7-8,10-13,21-22H,6,9,14-19H2,1-3H3,(H,30,34)/t21-,22-/m1/s1. The second-order valence-corrected chi connectivity index (χ2v) is 10.5. The van der Waals surface area contributed by atoms with Crippen LogP contribution in [0.15, 0.2) is 58.1 Å². The molecule has 196 valence electrons. The zero-order valence-corrected chi connectivity index (χ0v) is 21.9. The minimum absolute atomic E-state index is 0.104. The maximum absolute atomic E-state index is 13.4. The number of likely N-dealkylation sites (tertiary alicyclic amines) is 1. The minimum atomic E-state index is -0.518. The fourth-order valence-corrected chi connectivity index (χ4v) is 5.22. The van der Waals surface area contributed by atoms with Gasteiger partial charge in [0.05, 0.1) is 10.9 Å². The van der Waals surface area contributed by atoms with Gasteiger partial charge in [0.25, 0.3) is 5.56 Å². The third-order valence-electron chi connectivity index (χ3n) is 7.04. The number of nitrogens with one attached hydrogen (secondary N) is 1. The summed E-state index contributed by atoms with van der Waals surface area (Å²) in [6.07, 6.45) is 1.60. The van der Waals surface area contributed by atoms with Crippen molar-refractivity contribution in [3.63, 3.8) is 0 Å². The lowest BCUT2D eigenvalue weighted by molar-refractivity contribution is -0.134. The van der Waals surface area contributed by atoms with Gasteiger partial charge in [0.1, 0.15) is 6.54 Å². The van der Waals surface area contributed by atoms with E-state index >= 15 is 0 Å². The molecule has 0 radical (unpaired) electrons. The van der Waals surface area contributed by atoms with Gasteiger partial charge in [-0.3, -0.25) is 23.5 Å². The first-order valence-corrected chi connectivity index (χ1v) is 13.1. The lowest BCUT2D eigenvalue weighted by Gasteiger charge is -2.35. The van der Waals surface area contributed by atoms with Crippen LogP contribution >= 0.6 is 0 Å². The lowest BCUT2D eigenvalue weighted by Crippen LogP contribution is -2.47. The van der Waals surface area contributed by atoms with Gasteiger partial charge in [0.2, 0.25) is 11.8 Å². The van der Waals surface area contributed by atoms with Crippen molar-refractivity contribution in [1.82, 2.24) is 19.4 Å². The largest absolute Gasteiger partial charge is 0.352 e. The first kappa shape index (κ1) is 26.4. The molecule has 1 saturated heterocycles. The predicted molar refractivity (Wildman–Crippen MR) is 144 cm³/mol. The van der Waals surface area contributed by atoms with E-state index < -0.39 is 11.2 Å². The molecule has 1 aliphatic rings. The summed E-state index contributed by atoms with van der Waals surface area (Å²) in [4.78, 5) is 53.9. The van der Waals surface area contributed by atoms with Gasteiger partial charge in [-0.05, 0) is 49.3 Å². The van der Waals surface area contributed by atoms with E-state index in [9.17, 15) is 19.2 Å². The molecule has 0 bridgehead atoms. The summed E-state index contributed by atoms with van der Waals surface area (Å²) in [6, 6.07) is 14.8. The monoisotopic (exact) mass is 504 g/mol. The van der Waals surface area contributed by atoms with Crippen LogP contribution in [0.4, 0.5) is 0 Å². The highest BCUT2D eigenvalue weighted by atomic mass is 16.2. The van der Waals surface area contributed by atoms with Crippen molar-refractivity contribution >= 4 is 22.7 Å². The number of para-hydroxylation sites is 1. The lowest BCUT2D eigenvalue weighted by atomic mass is 9.92. The smallest absolute Gasteiger partial charge is 0.331 e. The summed E-state index contributed by atoms with van der Waals surface area (Å²) < 4.78 is 2.56. The molecule has 0 aliphatic carbocycles. The molecule has 3 aromatic rings. The Balaban J connectivity index is 1.48. The number of rotatable bonds is 8. The molecule has 1 N–H and O–H groups in total. The number of carbonyl (C=O) groups excluding carboxylic acids is 2. The Morgan fingerprint density at radius 2 is 1.62 bits per heavy atom. The van der Waals surface area contributed by atoms with Gasteiger partial charge in [-0.2, -0.15) is 0 Å². The summed E-state index contributed by atoms with van der Waals surface area (Å²) in [5.74, 6) is 0.559. The third kappa shape index (κ3) is 6.37. The maximum Gasteiger partial charge on any atom is 0.331 e. The number of benzene rings is 2. The Labute approximate surface area is 216 Å². The number of aryl methyl sites for hydroxylation is 1. The van der Waals surface area contributed by atoms with E-state index in [1.165, 1.54) is 4.57 Å². The Hall–Kier alpha value is -3.68. The molecular weight excluding hydrogens is 468 g/mol. The molecule has 4 rings (SSSR count). The Morgan fingerprint density at radius 1 is 0.946 bits per heavy atom. The van der Waals surface area contributed by atoms with E-state index in [1.54, 1.807) is 24.3 Å². The molecule has 2 aromatic carbocycles. The molecule has 8 heteroatoms. The average Bonchev–Trinajstić information content (AvgIpc) is 2.87. The average molecular weight is 505 g/mol. The van der Waals surface area contributed by atoms with E-state index in [1.807, 2.05) is 36.1 Å². The highest BCUT2D eigenvalue weighted by Gasteiger charge is 2.26. The molecule has 2 heterocycles. The number of piperidine rings is 1. The molecule has 1 fully saturated rings. The third-order valence-corrected chi connectivity index (χ3v) is 7.04. The number of hydrogen-bond donors (Lipinski definition) is 1. The van der Waals surface area contributed by atoms with E-state index in [0.717, 1.165) is 22.1 Å². The molecule has 2 atom stereocenters. The topological polar surface area (TPSA) is 93.4 Å². The van der Waals surface area contributed by atoms with Gasteiger partial charge in [-0.15, -0.1) is 0 Å². The van der Waals surface area contributed by atoms with Crippen LogP contribution in [0.25, 0.3) is 10.9 Å². The van der Waals surface area contributed by atoms with Gasteiger partial charge in [-0.25, -0.2) is 4.79 Å². The molecular formula is C29H36N4O4. The Morgan fingerprint density at radius 3 is 2.32 bits per heavy atom. The number of fused-ring (bicyclic) bond motifs is 1. The Kier molecular flexibility index (Phi) is 8.26. The number of carbonyl (C=O) groups is 2. The van der Waals surface area contributed by atoms with E-state index in [2.05, 4.69) is 19.2 Å². The fraction of sp³-hybridized carbons (Fsp3) is 0.448. The van der Waals surface area contributed by atoms with Gasteiger partial charge >= 0.3 is 5.69 Å². The predicted octanol–water partition coefficient (Wildman–Crippen LogP) is 3.07. The molecule has 8 nitrogen and oxygen atoms in total. The van der Waals surface area contributed by atoms with Crippen molar-refractivity contribution in [2.45, 2.75) is 59.7 Å². The van der Waals surface area contributed by atoms with Crippen LogP contribution in [-0.2, 0) is 29.2 Å². The zero-order valence-electron chi connectivity index (χ0n) is 21.9. The number of aromatic nitrogens is 2. The number of hydrogen-bond acceptors (Lipinski definition) is 4. The fourth-order valence-electron chi connectivity index (χ4n) is 5.22. The second kappa shape index (κ2) is 11.6. The normalized spacial score (nSPS) is 17.6. The molecule has 1 aliphatic heterocycles. The maximum atomic E-state index is 13.4. The van der Waals surface area contributed by atoms with Crippen LogP contribution in [0.3, 0.4) is 0 Å². The number of nitrogens with zero attached hydrogens (tertiary/aromatic N) is 3. The van der Waals surface area contributed by atoms with Crippen molar-refractivity contribution in [1.29, 1.82) is 0 Å². The molecule has 0 unspecified atom stereocenters. The molecule has 2 amide bonds. The van der Waals surface area contributed by atoms with Gasteiger partial charge in [0.15, 0.2) is 0 Å². The van der Waals surface area contributed by atoms with Crippen molar-refractivity contribution in [3.8, 4) is 0 Å². The number of amides is 2. The summed E-state index contributed by atoms with van der Waals surface area (Å²) in [6.45, 7) is 8.04. The highest BCUT2D eigenvalue weighted by molar-refractivity contribution is 5.81. The molecule has 37 heavy (non-hydrogen) atoms. The van der Waals surface area contributed by atoms with Crippen molar-refractivity contribution in [2.75, 3.05) is 13.1 Å². The van der Waals surface area contributed by atoms with Crippen LogP contribution in [0, 0.1) is 18.8 Å². The van der Waals surface area contributed by atoms with Crippen molar-refractivity contribution in [2.24, 2.45) is 11.8 Å². The summed E-state index contributed by atoms with van der Waals surface area (Å²) in [5.41, 5.74) is 1.70. The molecule has 1 aromatic heterocycles. The Bertz CT molecular complexity index is 1380. The van der Waals surface area contributed by atoms with E-state index in [4.69, 9.17) is 0 Å². The minimum Gasteiger partial charge on any atom is -0.352 e. The second-order valence-electron chi connectivity index (χ2n) is 10.5. The van der Waals surface area contributed by atoms with Crippen LogP contribution < -0.4 is 16.6 Å². The van der Waals surface area contributed by atoms with Crippen LogP contribution in [0.1, 0.15) is 44.2 Å². The highest BCUT2D eigenvalue weighted by Crippen LogP contribution is 2.21. The van der Waals surface area contributed by atoms with Crippen LogP contribution in [0.5, 0.6) is 0 Å². The molecule has 0 saturated carbocycles. The van der Waals surface area contributed by atoms with Crippen LogP contribution in [-0.4, -0.2) is 38.9 Å². The zero-order chi connectivity index (χ0) is 26.5. The quantitative estimate of drug-likeness (QED) is 0.510. The van der Waals surface area contributed by atoms with Gasteiger partial charge in [-0.1, -0.05) is 55.8 Å². The van der Waals surface area contributed by atoms with Crippen molar-refractivity contribution in [3.05, 3.63) is 80.5 Å². The van der Waals surface area contributed by atoms with E-state index in [0.29, 0.717) is 48.8 Å². The first-order valence-electron chi connectivity index (χ1n) is 13.1. The first-order chi connectivity index (χ1) is 17.7. The van der Waals surface area contributed by atoms with Crippen molar-refractivity contribution < 1.29 is 9.59 Å². The van der Waals surface area contributed by atoms with Gasteiger partial charge < -0.3 is 10.2 Å².